The highest BCUT2D eigenvalue weighted by molar-refractivity contribution is 6.49. The van der Waals surface area contributed by atoms with E-state index < -0.39 is 0 Å². The molecule has 0 aliphatic heterocycles. The summed E-state index contributed by atoms with van der Waals surface area (Å²) in [4.78, 5) is 0. The van der Waals surface area contributed by atoms with E-state index in [1.54, 1.807) is 6.08 Å². The lowest BCUT2D eigenvalue weighted by Crippen LogP contribution is -1.74. The Labute approximate surface area is 107 Å². The van der Waals surface area contributed by atoms with Crippen LogP contribution in [0.1, 0.15) is 11.1 Å². The largest absolute Gasteiger partial charge is 0.0830 e. The zero-order valence-electron chi connectivity index (χ0n) is 9.23. The SMILES string of the molecule is Cl/C(=C\C#Cc1ccccc1)c1ccccc1. The van der Waals surface area contributed by atoms with Crippen molar-refractivity contribution in [2.75, 3.05) is 0 Å². The molecule has 82 valence electrons. The summed E-state index contributed by atoms with van der Waals surface area (Å²) in [5.74, 6) is 5.99. The molecule has 2 rings (SSSR count). The summed E-state index contributed by atoms with van der Waals surface area (Å²) >= 11 is 6.13. The van der Waals surface area contributed by atoms with Gasteiger partial charge in [0.05, 0.1) is 5.03 Å². The van der Waals surface area contributed by atoms with Crippen molar-refractivity contribution >= 4 is 16.6 Å². The van der Waals surface area contributed by atoms with Gasteiger partial charge in [0.2, 0.25) is 0 Å². The predicted molar refractivity (Wildman–Crippen MR) is 73.6 cm³/mol. The molecule has 0 spiro atoms. The van der Waals surface area contributed by atoms with Crippen molar-refractivity contribution in [3.8, 4) is 11.8 Å². The van der Waals surface area contributed by atoms with E-state index in [2.05, 4.69) is 11.8 Å². The highest BCUT2D eigenvalue weighted by Crippen LogP contribution is 2.17. The highest BCUT2D eigenvalue weighted by atomic mass is 35.5. The minimum Gasteiger partial charge on any atom is -0.0830 e. The summed E-state index contributed by atoms with van der Waals surface area (Å²) in [5, 5.41) is 0.661. The second kappa shape index (κ2) is 5.94. The topological polar surface area (TPSA) is 0 Å². The van der Waals surface area contributed by atoms with Crippen molar-refractivity contribution in [1.82, 2.24) is 0 Å². The average Bonchev–Trinajstić information content (AvgIpc) is 2.41. The van der Waals surface area contributed by atoms with E-state index in [0.717, 1.165) is 11.1 Å². The maximum absolute atomic E-state index is 6.13. The van der Waals surface area contributed by atoms with Crippen LogP contribution in [-0.4, -0.2) is 0 Å². The lowest BCUT2D eigenvalue weighted by Gasteiger charge is -1.94. The van der Waals surface area contributed by atoms with Crippen LogP contribution in [0.25, 0.3) is 5.03 Å². The number of rotatable bonds is 1. The van der Waals surface area contributed by atoms with E-state index in [-0.39, 0.29) is 0 Å². The van der Waals surface area contributed by atoms with E-state index >= 15 is 0 Å². The minimum absolute atomic E-state index is 0.661. The second-order valence-corrected chi connectivity index (χ2v) is 3.90. The summed E-state index contributed by atoms with van der Waals surface area (Å²) < 4.78 is 0. The normalized spacial score (nSPS) is 10.5. The molecular weight excluding hydrogens is 228 g/mol. The molecule has 2 aromatic carbocycles. The fourth-order valence-corrected chi connectivity index (χ4v) is 1.57. The number of benzene rings is 2. The van der Waals surface area contributed by atoms with Crippen LogP contribution >= 0.6 is 11.6 Å². The molecule has 0 unspecified atom stereocenters. The fourth-order valence-electron chi connectivity index (χ4n) is 1.38. The molecule has 0 saturated heterocycles. The molecule has 2 aromatic rings. The van der Waals surface area contributed by atoms with Gasteiger partial charge in [-0.3, -0.25) is 0 Å². The first-order valence-corrected chi connectivity index (χ1v) is 5.72. The van der Waals surface area contributed by atoms with Crippen LogP contribution in [-0.2, 0) is 0 Å². The van der Waals surface area contributed by atoms with Gasteiger partial charge >= 0.3 is 0 Å². The first-order chi connectivity index (χ1) is 8.36. The lowest BCUT2D eigenvalue weighted by atomic mass is 10.2. The third-order valence-corrected chi connectivity index (χ3v) is 2.57. The predicted octanol–water partition coefficient (Wildman–Crippen LogP) is 4.32. The van der Waals surface area contributed by atoms with Crippen molar-refractivity contribution < 1.29 is 0 Å². The molecule has 0 aliphatic rings. The van der Waals surface area contributed by atoms with Gasteiger partial charge in [-0.2, -0.15) is 0 Å². The zero-order chi connectivity index (χ0) is 11.9. The van der Waals surface area contributed by atoms with Crippen molar-refractivity contribution in [3.05, 3.63) is 77.9 Å². The van der Waals surface area contributed by atoms with Gasteiger partial charge in [-0.25, -0.2) is 0 Å². The third kappa shape index (κ3) is 3.52. The first kappa shape index (κ1) is 11.5. The Balaban J connectivity index is 2.15. The standard InChI is InChI=1S/C16H11Cl/c17-16(15-11-5-2-6-12-15)13-7-10-14-8-3-1-4-9-14/h1-6,8-9,11-13H/b16-13-. The van der Waals surface area contributed by atoms with E-state index in [1.165, 1.54) is 0 Å². The number of hydrogen-bond acceptors (Lipinski definition) is 0. The van der Waals surface area contributed by atoms with Crippen molar-refractivity contribution in [2.45, 2.75) is 0 Å². The Kier molecular flexibility index (Phi) is 4.02. The van der Waals surface area contributed by atoms with E-state index in [0.29, 0.717) is 5.03 Å². The van der Waals surface area contributed by atoms with Gasteiger partial charge in [0.25, 0.3) is 0 Å². The van der Waals surface area contributed by atoms with E-state index in [1.807, 2.05) is 60.7 Å². The van der Waals surface area contributed by atoms with Crippen molar-refractivity contribution in [3.63, 3.8) is 0 Å². The smallest absolute Gasteiger partial charge is 0.0561 e. The highest BCUT2D eigenvalue weighted by Gasteiger charge is 1.93. The van der Waals surface area contributed by atoms with E-state index in [4.69, 9.17) is 11.6 Å². The summed E-state index contributed by atoms with van der Waals surface area (Å²) in [6, 6.07) is 19.6. The molecule has 0 atom stereocenters. The maximum Gasteiger partial charge on any atom is 0.0561 e. The van der Waals surface area contributed by atoms with Crippen LogP contribution in [0.3, 0.4) is 0 Å². The molecule has 0 bridgehead atoms. The first-order valence-electron chi connectivity index (χ1n) is 5.34. The molecule has 0 radical (unpaired) electrons. The molecule has 1 heteroatoms. The zero-order valence-corrected chi connectivity index (χ0v) is 9.98. The van der Waals surface area contributed by atoms with Gasteiger partial charge < -0.3 is 0 Å². The van der Waals surface area contributed by atoms with Gasteiger partial charge in [0.1, 0.15) is 0 Å². The van der Waals surface area contributed by atoms with Crippen LogP contribution in [0.2, 0.25) is 0 Å². The fraction of sp³-hybridized carbons (Fsp3) is 0. The summed E-state index contributed by atoms with van der Waals surface area (Å²) in [5.41, 5.74) is 1.97. The molecule has 17 heavy (non-hydrogen) atoms. The summed E-state index contributed by atoms with van der Waals surface area (Å²) in [7, 11) is 0. The second-order valence-electron chi connectivity index (χ2n) is 3.49. The molecule has 0 aliphatic carbocycles. The molecule has 0 heterocycles. The van der Waals surface area contributed by atoms with Gasteiger partial charge in [-0.15, -0.1) is 0 Å². The molecule has 0 N–H and O–H groups in total. The monoisotopic (exact) mass is 238 g/mol. The van der Waals surface area contributed by atoms with Gasteiger partial charge in [-0.1, -0.05) is 72.0 Å². The third-order valence-electron chi connectivity index (χ3n) is 2.24. The van der Waals surface area contributed by atoms with Crippen LogP contribution in [0, 0.1) is 11.8 Å². The minimum atomic E-state index is 0.661. The van der Waals surface area contributed by atoms with Crippen LogP contribution in [0.5, 0.6) is 0 Å². The van der Waals surface area contributed by atoms with Crippen LogP contribution in [0.15, 0.2) is 66.7 Å². The van der Waals surface area contributed by atoms with Crippen molar-refractivity contribution in [1.29, 1.82) is 0 Å². The van der Waals surface area contributed by atoms with Gasteiger partial charge in [0, 0.05) is 11.6 Å². The Hall–Kier alpha value is -1.97. The average molecular weight is 239 g/mol. The van der Waals surface area contributed by atoms with Crippen LogP contribution < -0.4 is 0 Å². The number of hydrogen-bond donors (Lipinski definition) is 0. The number of halogens is 1. The van der Waals surface area contributed by atoms with Crippen molar-refractivity contribution in [2.24, 2.45) is 0 Å². The Bertz CT molecular complexity index is 557. The molecule has 0 aromatic heterocycles. The van der Waals surface area contributed by atoms with Gasteiger partial charge in [-0.05, 0) is 17.7 Å². The molecule has 0 fully saturated rings. The molecule has 0 nitrogen and oxygen atoms in total. The summed E-state index contributed by atoms with van der Waals surface area (Å²) in [6.07, 6.45) is 1.73. The Morgan fingerprint density at radius 3 is 2.12 bits per heavy atom. The van der Waals surface area contributed by atoms with Gasteiger partial charge in [0.15, 0.2) is 0 Å². The maximum atomic E-state index is 6.13. The molecule has 0 amide bonds. The van der Waals surface area contributed by atoms with Crippen LogP contribution in [0.4, 0.5) is 0 Å². The van der Waals surface area contributed by atoms with E-state index in [9.17, 15) is 0 Å². The Morgan fingerprint density at radius 2 is 1.47 bits per heavy atom. The lowest BCUT2D eigenvalue weighted by molar-refractivity contribution is 1.64. The molecule has 0 saturated carbocycles. The Morgan fingerprint density at radius 1 is 0.882 bits per heavy atom. The summed E-state index contributed by atoms with van der Waals surface area (Å²) in [6.45, 7) is 0. The molecular formula is C16H11Cl. The number of allylic oxidation sites excluding steroid dienone is 1. The quantitative estimate of drug-likeness (QED) is 0.649.